The van der Waals surface area contributed by atoms with Crippen LogP contribution in [0.15, 0.2) is 0 Å². The number of phosphoric ester groups is 1. The summed E-state index contributed by atoms with van der Waals surface area (Å²) in [5.41, 5.74) is 0. The number of rotatable bonds is 12. The van der Waals surface area contributed by atoms with Crippen LogP contribution in [0.4, 0.5) is 0 Å². The molecule has 0 saturated carbocycles. The van der Waals surface area contributed by atoms with Crippen molar-refractivity contribution in [3.8, 4) is 0 Å². The maximum atomic E-state index is 12.2. The second-order valence-corrected chi connectivity index (χ2v) is 6.48. The lowest BCUT2D eigenvalue weighted by Crippen LogP contribution is -2.03. The van der Waals surface area contributed by atoms with E-state index in [1.54, 1.807) is 0 Å². The van der Waals surface area contributed by atoms with Crippen molar-refractivity contribution in [2.45, 2.75) is 59.3 Å². The van der Waals surface area contributed by atoms with Crippen molar-refractivity contribution in [3.05, 3.63) is 0 Å². The van der Waals surface area contributed by atoms with Crippen molar-refractivity contribution in [2.24, 2.45) is 0 Å². The summed E-state index contributed by atoms with van der Waals surface area (Å²) in [6, 6.07) is 0. The van der Waals surface area contributed by atoms with E-state index in [0.29, 0.717) is 19.8 Å². The van der Waals surface area contributed by atoms with Crippen molar-refractivity contribution >= 4 is 16.4 Å². The molecule has 0 bridgehead atoms. The third kappa shape index (κ3) is 20.4. The topological polar surface area (TPSA) is 105 Å². The molecule has 3 N–H and O–H groups in total. The van der Waals surface area contributed by atoms with Gasteiger partial charge < -0.3 is 14.7 Å². The minimum Gasteiger partial charge on any atom is -0.328 e. The maximum Gasteiger partial charge on any atom is 0.474 e. The van der Waals surface area contributed by atoms with Crippen LogP contribution in [0, 0.1) is 0 Å². The van der Waals surface area contributed by atoms with Crippen LogP contribution in [0.2, 0.25) is 0 Å². The molecule has 0 aliphatic carbocycles. The van der Waals surface area contributed by atoms with E-state index >= 15 is 0 Å². The van der Waals surface area contributed by atoms with Gasteiger partial charge in [0.1, 0.15) is 0 Å². The molecule has 0 radical (unpaired) electrons. The highest BCUT2D eigenvalue weighted by molar-refractivity contribution is 7.48. The second kappa shape index (κ2) is 16.8. The van der Waals surface area contributed by atoms with Gasteiger partial charge in [0.2, 0.25) is 0 Å². The van der Waals surface area contributed by atoms with E-state index in [1.807, 2.05) is 0 Å². The highest BCUT2D eigenvalue weighted by Gasteiger charge is 2.25. The molecule has 0 aromatic carbocycles. The first-order valence-electron chi connectivity index (χ1n) is 7.32. The van der Waals surface area contributed by atoms with Gasteiger partial charge >= 0.3 is 16.4 Å². The van der Waals surface area contributed by atoms with Crippen molar-refractivity contribution in [3.63, 3.8) is 0 Å². The molecule has 0 fully saturated rings. The first kappa shape index (κ1) is 23.7. The summed E-state index contributed by atoms with van der Waals surface area (Å²) in [5.74, 6) is 0. The van der Waals surface area contributed by atoms with E-state index in [4.69, 9.17) is 28.3 Å². The zero-order valence-corrected chi connectivity index (χ0v) is 15.0. The van der Waals surface area contributed by atoms with E-state index in [-0.39, 0.29) is 0 Å². The van der Waals surface area contributed by atoms with E-state index in [9.17, 15) is 4.57 Å². The van der Waals surface area contributed by atoms with E-state index in [0.717, 1.165) is 38.5 Å². The second-order valence-electron chi connectivity index (χ2n) is 4.28. The molecule has 21 heavy (non-hydrogen) atoms. The smallest absolute Gasteiger partial charge is 0.328 e. The lowest BCUT2D eigenvalue weighted by atomic mass is 10.4. The quantitative estimate of drug-likeness (QED) is 0.364. The molecule has 9 heteroatoms. The minimum atomic E-state index is -3.31. The molecule has 0 atom stereocenters. The van der Waals surface area contributed by atoms with Gasteiger partial charge in [-0.2, -0.15) is 0 Å². The van der Waals surface area contributed by atoms with Crippen LogP contribution >= 0.6 is 16.4 Å². The number of hydrogen-bond donors (Lipinski definition) is 3. The standard InChI is InChI=1S/C12H27O4P.H3O3P/c1-4-7-10-14-17(13,15-11-8-5-2)16-12-9-6-3;1-4(2)3/h4-12H2,1-3H3;1-3H. The Morgan fingerprint density at radius 2 is 1.00 bits per heavy atom. The van der Waals surface area contributed by atoms with Crippen molar-refractivity contribution in [2.75, 3.05) is 19.8 Å². The molecule has 7 nitrogen and oxygen atoms in total. The molecule has 0 unspecified atom stereocenters. The van der Waals surface area contributed by atoms with Crippen LogP contribution in [0.3, 0.4) is 0 Å². The zero-order valence-electron chi connectivity index (χ0n) is 13.2. The van der Waals surface area contributed by atoms with Crippen LogP contribution in [0.5, 0.6) is 0 Å². The van der Waals surface area contributed by atoms with Gasteiger partial charge in [0.05, 0.1) is 19.8 Å². The number of unbranched alkanes of at least 4 members (excludes halogenated alkanes) is 3. The Balaban J connectivity index is 0. The largest absolute Gasteiger partial charge is 0.474 e. The van der Waals surface area contributed by atoms with Gasteiger partial charge in [-0.25, -0.2) is 4.57 Å². The summed E-state index contributed by atoms with van der Waals surface area (Å²) in [6.45, 7) is 7.49. The van der Waals surface area contributed by atoms with Crippen LogP contribution in [-0.2, 0) is 18.1 Å². The van der Waals surface area contributed by atoms with E-state index in [1.165, 1.54) is 0 Å². The van der Waals surface area contributed by atoms with Crippen LogP contribution in [0.25, 0.3) is 0 Å². The van der Waals surface area contributed by atoms with Gasteiger partial charge in [-0.3, -0.25) is 13.6 Å². The highest BCUT2D eigenvalue weighted by Crippen LogP contribution is 2.49. The van der Waals surface area contributed by atoms with E-state index < -0.39 is 16.4 Å². The molecule has 0 rings (SSSR count). The van der Waals surface area contributed by atoms with Gasteiger partial charge in [-0.05, 0) is 19.3 Å². The van der Waals surface area contributed by atoms with Crippen LogP contribution in [-0.4, -0.2) is 34.5 Å². The Morgan fingerprint density at radius 1 is 0.762 bits per heavy atom. The Hall–Kier alpha value is 0.420. The normalized spacial score (nSPS) is 11.4. The summed E-state index contributed by atoms with van der Waals surface area (Å²) >= 11 is 0. The molecule has 0 heterocycles. The predicted molar refractivity (Wildman–Crippen MR) is 83.8 cm³/mol. The minimum absolute atomic E-state index is 0.437. The van der Waals surface area contributed by atoms with Crippen LogP contribution < -0.4 is 0 Å². The molecule has 0 amide bonds. The molecular weight excluding hydrogens is 318 g/mol. The molecule has 0 aromatic rings. The third-order valence-electron chi connectivity index (χ3n) is 2.24. The fraction of sp³-hybridized carbons (Fsp3) is 1.00. The van der Waals surface area contributed by atoms with Gasteiger partial charge in [0.15, 0.2) is 0 Å². The number of phosphoric acid groups is 1. The summed E-state index contributed by atoms with van der Waals surface area (Å²) in [7, 11) is -5.93. The summed E-state index contributed by atoms with van der Waals surface area (Å²) in [4.78, 5) is 21.7. The molecule has 0 aromatic heterocycles. The summed E-state index contributed by atoms with van der Waals surface area (Å²) in [6.07, 6.45) is 5.63. The average Bonchev–Trinajstić information content (AvgIpc) is 2.39. The number of hydrogen-bond acceptors (Lipinski definition) is 7. The zero-order chi connectivity index (χ0) is 16.6. The van der Waals surface area contributed by atoms with Crippen LogP contribution in [0.1, 0.15) is 59.3 Å². The monoisotopic (exact) mass is 348 g/mol. The molecule has 0 aliphatic rings. The van der Waals surface area contributed by atoms with Gasteiger partial charge in [-0.15, -0.1) is 0 Å². The Labute approximate surface area is 129 Å². The Morgan fingerprint density at radius 3 is 1.19 bits per heavy atom. The lowest BCUT2D eigenvalue weighted by Gasteiger charge is -2.17. The SMILES string of the molecule is CCCCOP(=O)(OCCCC)OCCCC.OP(O)O. The highest BCUT2D eigenvalue weighted by atomic mass is 31.2. The van der Waals surface area contributed by atoms with Crippen molar-refractivity contribution < 1.29 is 32.8 Å². The molecule has 130 valence electrons. The maximum absolute atomic E-state index is 12.2. The predicted octanol–water partition coefficient (Wildman–Crippen LogP) is 3.73. The molecule has 0 saturated heterocycles. The van der Waals surface area contributed by atoms with E-state index in [2.05, 4.69) is 20.8 Å². The van der Waals surface area contributed by atoms with Crippen molar-refractivity contribution in [1.29, 1.82) is 0 Å². The lowest BCUT2D eigenvalue weighted by molar-refractivity contribution is 0.110. The first-order valence-corrected chi connectivity index (χ1v) is 9.98. The Bertz CT molecular complexity index is 216. The molecular formula is C12H30O7P2. The Kier molecular flexibility index (Phi) is 18.9. The van der Waals surface area contributed by atoms with Gasteiger partial charge in [0, 0.05) is 0 Å². The van der Waals surface area contributed by atoms with Gasteiger partial charge in [0.25, 0.3) is 0 Å². The van der Waals surface area contributed by atoms with Crippen molar-refractivity contribution in [1.82, 2.24) is 0 Å². The first-order chi connectivity index (χ1) is 9.91. The fourth-order valence-corrected chi connectivity index (χ4v) is 2.36. The average molecular weight is 348 g/mol. The summed E-state index contributed by atoms with van der Waals surface area (Å²) in [5, 5.41) is 0. The molecule has 0 spiro atoms. The molecule has 0 aliphatic heterocycles. The fourth-order valence-electron chi connectivity index (χ4n) is 1.07. The van der Waals surface area contributed by atoms with Gasteiger partial charge in [-0.1, -0.05) is 40.0 Å². The third-order valence-corrected chi connectivity index (χ3v) is 3.74. The summed E-state index contributed by atoms with van der Waals surface area (Å²) < 4.78 is 28.0.